The van der Waals surface area contributed by atoms with Crippen LogP contribution in [-0.4, -0.2) is 35.6 Å². The molecule has 2 aliphatic rings. The predicted octanol–water partition coefficient (Wildman–Crippen LogP) is 1.03. The quantitative estimate of drug-likeness (QED) is 0.744. The van der Waals surface area contributed by atoms with Gasteiger partial charge in [-0.3, -0.25) is 0 Å². The van der Waals surface area contributed by atoms with Crippen LogP contribution in [0.1, 0.15) is 26.2 Å². The number of hydrogen-bond acceptors (Lipinski definition) is 4. The number of rotatable bonds is 2. The molecule has 0 aromatic rings. The maximum absolute atomic E-state index is 10.9. The van der Waals surface area contributed by atoms with Gasteiger partial charge in [0.05, 0.1) is 5.71 Å². The zero-order chi connectivity index (χ0) is 10.9. The van der Waals surface area contributed by atoms with Crippen molar-refractivity contribution in [3.8, 4) is 0 Å². The molecule has 0 radical (unpaired) electrons. The molecule has 2 heterocycles. The van der Waals surface area contributed by atoms with Crippen LogP contribution in [0.15, 0.2) is 5.16 Å². The van der Waals surface area contributed by atoms with E-state index >= 15 is 0 Å². The molecule has 2 aliphatic heterocycles. The molecule has 0 saturated carbocycles. The van der Waals surface area contributed by atoms with E-state index in [1.165, 1.54) is 0 Å². The van der Waals surface area contributed by atoms with Crippen molar-refractivity contribution in [3.05, 3.63) is 0 Å². The highest BCUT2D eigenvalue weighted by Gasteiger charge is 2.43. The number of carboxylic acid groups (broad SMARTS) is 1. The molecular weight excluding hydrogens is 198 g/mol. The van der Waals surface area contributed by atoms with Gasteiger partial charge in [0.2, 0.25) is 5.60 Å². The molecule has 1 unspecified atom stereocenters. The molecule has 1 saturated heterocycles. The van der Waals surface area contributed by atoms with Gasteiger partial charge in [-0.25, -0.2) is 4.79 Å². The van der Waals surface area contributed by atoms with Crippen molar-refractivity contribution in [2.75, 3.05) is 13.2 Å². The fraction of sp³-hybridized carbons (Fsp3) is 0.800. The first kappa shape index (κ1) is 10.4. The van der Waals surface area contributed by atoms with Crippen LogP contribution in [0.3, 0.4) is 0 Å². The average Bonchev–Trinajstić information content (AvgIpc) is 2.64. The lowest BCUT2D eigenvalue weighted by atomic mass is 9.88. The van der Waals surface area contributed by atoms with Crippen LogP contribution in [0.2, 0.25) is 0 Å². The Kier molecular flexibility index (Phi) is 2.65. The molecule has 1 fully saturated rings. The molecule has 1 N–H and O–H groups in total. The molecule has 0 amide bonds. The van der Waals surface area contributed by atoms with Crippen LogP contribution in [0.4, 0.5) is 0 Å². The van der Waals surface area contributed by atoms with Crippen LogP contribution in [0, 0.1) is 5.92 Å². The minimum Gasteiger partial charge on any atom is -0.478 e. The molecular formula is C10H15NO4. The fourth-order valence-corrected chi connectivity index (χ4v) is 1.93. The van der Waals surface area contributed by atoms with E-state index in [1.54, 1.807) is 6.92 Å². The summed E-state index contributed by atoms with van der Waals surface area (Å²) in [6, 6.07) is 0. The van der Waals surface area contributed by atoms with E-state index in [-0.39, 0.29) is 0 Å². The van der Waals surface area contributed by atoms with Crippen molar-refractivity contribution in [1.82, 2.24) is 0 Å². The SMILES string of the molecule is CC1(C(=O)O)CC(C2CCOCC2)=NO1. The van der Waals surface area contributed by atoms with E-state index in [4.69, 9.17) is 14.7 Å². The molecule has 0 spiro atoms. The van der Waals surface area contributed by atoms with Crippen LogP contribution in [-0.2, 0) is 14.4 Å². The Bertz CT molecular complexity index is 296. The molecule has 0 aliphatic carbocycles. The van der Waals surface area contributed by atoms with Gasteiger partial charge in [0.1, 0.15) is 0 Å². The van der Waals surface area contributed by atoms with Gasteiger partial charge in [-0.2, -0.15) is 0 Å². The first-order valence-corrected chi connectivity index (χ1v) is 5.18. The van der Waals surface area contributed by atoms with Crippen molar-refractivity contribution in [2.24, 2.45) is 11.1 Å². The van der Waals surface area contributed by atoms with E-state index in [9.17, 15) is 4.79 Å². The molecule has 5 heteroatoms. The molecule has 15 heavy (non-hydrogen) atoms. The Balaban J connectivity index is 1.99. The molecule has 5 nitrogen and oxygen atoms in total. The maximum Gasteiger partial charge on any atom is 0.351 e. The van der Waals surface area contributed by atoms with E-state index in [1.807, 2.05) is 0 Å². The van der Waals surface area contributed by atoms with Crippen molar-refractivity contribution in [1.29, 1.82) is 0 Å². The molecule has 1 atom stereocenters. The third kappa shape index (κ3) is 1.97. The highest BCUT2D eigenvalue weighted by Crippen LogP contribution is 2.30. The van der Waals surface area contributed by atoms with Crippen LogP contribution in [0.5, 0.6) is 0 Å². The largest absolute Gasteiger partial charge is 0.478 e. The van der Waals surface area contributed by atoms with Crippen LogP contribution < -0.4 is 0 Å². The number of nitrogens with zero attached hydrogens (tertiary/aromatic N) is 1. The molecule has 0 aromatic heterocycles. The van der Waals surface area contributed by atoms with Gasteiger partial charge in [0.15, 0.2) is 0 Å². The molecule has 0 bridgehead atoms. The predicted molar refractivity (Wildman–Crippen MR) is 52.7 cm³/mol. The summed E-state index contributed by atoms with van der Waals surface area (Å²) in [5.41, 5.74) is -0.281. The minimum atomic E-state index is -1.16. The summed E-state index contributed by atoms with van der Waals surface area (Å²) in [5, 5.41) is 12.9. The third-order valence-electron chi connectivity index (χ3n) is 3.03. The standard InChI is InChI=1S/C10H15NO4/c1-10(9(12)13)6-8(11-15-10)7-2-4-14-5-3-7/h7H,2-6H2,1H3,(H,12,13). The van der Waals surface area contributed by atoms with Gasteiger partial charge in [-0.1, -0.05) is 5.16 Å². The minimum absolute atomic E-state index is 0.333. The molecule has 0 aromatic carbocycles. The lowest BCUT2D eigenvalue weighted by Crippen LogP contribution is -2.36. The first-order valence-electron chi connectivity index (χ1n) is 5.18. The summed E-state index contributed by atoms with van der Waals surface area (Å²) in [5.74, 6) is -0.617. The van der Waals surface area contributed by atoms with Crippen LogP contribution >= 0.6 is 0 Å². The number of ether oxygens (including phenoxy) is 1. The number of carbonyl (C=O) groups is 1. The van der Waals surface area contributed by atoms with Gasteiger partial charge in [0, 0.05) is 25.6 Å². The summed E-state index contributed by atoms with van der Waals surface area (Å²) in [6.07, 6.45) is 2.22. The second-order valence-corrected chi connectivity index (χ2v) is 4.27. The summed E-state index contributed by atoms with van der Waals surface area (Å²) in [6.45, 7) is 3.02. The second-order valence-electron chi connectivity index (χ2n) is 4.27. The Labute approximate surface area is 88.0 Å². The number of hydrogen-bond donors (Lipinski definition) is 1. The van der Waals surface area contributed by atoms with Gasteiger partial charge >= 0.3 is 5.97 Å². The smallest absolute Gasteiger partial charge is 0.351 e. The number of oxime groups is 1. The van der Waals surface area contributed by atoms with Crippen molar-refractivity contribution in [2.45, 2.75) is 31.8 Å². The summed E-state index contributed by atoms with van der Waals surface area (Å²) < 4.78 is 5.25. The third-order valence-corrected chi connectivity index (χ3v) is 3.03. The Morgan fingerprint density at radius 1 is 1.53 bits per heavy atom. The van der Waals surface area contributed by atoms with E-state index in [0.717, 1.165) is 31.8 Å². The van der Waals surface area contributed by atoms with Crippen molar-refractivity contribution >= 4 is 11.7 Å². The highest BCUT2D eigenvalue weighted by atomic mass is 16.7. The summed E-state index contributed by atoms with van der Waals surface area (Å²) in [4.78, 5) is 15.9. The van der Waals surface area contributed by atoms with Gasteiger partial charge in [-0.05, 0) is 19.8 Å². The zero-order valence-corrected chi connectivity index (χ0v) is 8.73. The molecule has 2 rings (SSSR count). The lowest BCUT2D eigenvalue weighted by Gasteiger charge is -2.22. The van der Waals surface area contributed by atoms with Crippen LogP contribution in [0.25, 0.3) is 0 Å². The summed E-state index contributed by atoms with van der Waals surface area (Å²) >= 11 is 0. The lowest BCUT2D eigenvalue weighted by molar-refractivity contribution is -0.160. The van der Waals surface area contributed by atoms with Gasteiger partial charge in [0.25, 0.3) is 0 Å². The Morgan fingerprint density at radius 2 is 2.20 bits per heavy atom. The van der Waals surface area contributed by atoms with Gasteiger partial charge in [-0.15, -0.1) is 0 Å². The average molecular weight is 213 g/mol. The van der Waals surface area contributed by atoms with Crippen molar-refractivity contribution in [3.63, 3.8) is 0 Å². The zero-order valence-electron chi connectivity index (χ0n) is 8.73. The maximum atomic E-state index is 10.9. The van der Waals surface area contributed by atoms with E-state index in [2.05, 4.69) is 5.16 Å². The monoisotopic (exact) mass is 213 g/mol. The van der Waals surface area contributed by atoms with E-state index in [0.29, 0.717) is 12.3 Å². The highest BCUT2D eigenvalue weighted by molar-refractivity contribution is 5.94. The molecule has 84 valence electrons. The Morgan fingerprint density at radius 3 is 2.73 bits per heavy atom. The summed E-state index contributed by atoms with van der Waals surface area (Å²) in [7, 11) is 0. The first-order chi connectivity index (χ1) is 7.12. The van der Waals surface area contributed by atoms with Crippen molar-refractivity contribution < 1.29 is 19.5 Å². The van der Waals surface area contributed by atoms with Gasteiger partial charge < -0.3 is 14.7 Å². The normalized spacial score (nSPS) is 32.2. The topological polar surface area (TPSA) is 68.1 Å². The Hall–Kier alpha value is -1.10. The second kappa shape index (κ2) is 3.81. The van der Waals surface area contributed by atoms with E-state index < -0.39 is 11.6 Å². The number of aliphatic carboxylic acids is 1. The fourth-order valence-electron chi connectivity index (χ4n) is 1.93. The number of carboxylic acids is 1.